The molecule has 5 heteroatoms. The molecule has 25 heavy (non-hydrogen) atoms. The Kier molecular flexibility index (Phi) is 11.2. The summed E-state index contributed by atoms with van der Waals surface area (Å²) >= 11 is 0. The summed E-state index contributed by atoms with van der Waals surface area (Å²) < 4.78 is 15.6. The number of benzene rings is 1. The van der Waals surface area contributed by atoms with E-state index in [-0.39, 0.29) is 11.9 Å². The Morgan fingerprint density at radius 1 is 0.840 bits per heavy atom. The van der Waals surface area contributed by atoms with E-state index in [1.807, 2.05) is 6.07 Å². The first-order valence-electron chi connectivity index (χ1n) is 9.16. The summed E-state index contributed by atoms with van der Waals surface area (Å²) in [7, 11) is 1.54. The molecular formula is C20H30O5. The van der Waals surface area contributed by atoms with Crippen LogP contribution in [0.15, 0.2) is 24.3 Å². The molecule has 0 fully saturated rings. The fourth-order valence-corrected chi connectivity index (χ4v) is 2.38. The molecule has 0 N–H and O–H groups in total. The fourth-order valence-electron chi connectivity index (χ4n) is 2.38. The van der Waals surface area contributed by atoms with Gasteiger partial charge < -0.3 is 14.2 Å². The van der Waals surface area contributed by atoms with E-state index in [0.717, 1.165) is 25.7 Å². The minimum atomic E-state index is -0.289. The van der Waals surface area contributed by atoms with Gasteiger partial charge in [0.05, 0.1) is 13.7 Å². The first-order valence-corrected chi connectivity index (χ1v) is 9.16. The third-order valence-corrected chi connectivity index (χ3v) is 3.82. The fraction of sp³-hybridized carbons (Fsp3) is 0.600. The molecule has 140 valence electrons. The van der Waals surface area contributed by atoms with Crippen molar-refractivity contribution < 1.29 is 23.8 Å². The van der Waals surface area contributed by atoms with Gasteiger partial charge in [0.25, 0.3) is 0 Å². The molecule has 0 aliphatic carbocycles. The predicted octanol–water partition coefficient (Wildman–Crippen LogP) is 4.67. The molecule has 1 aromatic rings. The largest absolute Gasteiger partial charge is 0.493 e. The van der Waals surface area contributed by atoms with Crippen molar-refractivity contribution in [1.82, 2.24) is 0 Å². The molecule has 0 saturated carbocycles. The number of hydrogen-bond acceptors (Lipinski definition) is 5. The van der Waals surface area contributed by atoms with E-state index in [1.165, 1.54) is 20.0 Å². The molecule has 0 spiro atoms. The molecule has 0 aliphatic heterocycles. The van der Waals surface area contributed by atoms with Crippen molar-refractivity contribution in [3.63, 3.8) is 0 Å². The van der Waals surface area contributed by atoms with E-state index < -0.39 is 0 Å². The van der Waals surface area contributed by atoms with Gasteiger partial charge in [-0.3, -0.25) is 9.59 Å². The number of para-hydroxylation sites is 2. The highest BCUT2D eigenvalue weighted by Crippen LogP contribution is 2.26. The molecule has 5 nitrogen and oxygen atoms in total. The highest BCUT2D eigenvalue weighted by Gasteiger charge is 2.09. The number of ether oxygens (including phenoxy) is 3. The van der Waals surface area contributed by atoms with Gasteiger partial charge >= 0.3 is 11.9 Å². The zero-order valence-corrected chi connectivity index (χ0v) is 15.4. The van der Waals surface area contributed by atoms with Gasteiger partial charge in [-0.15, -0.1) is 0 Å². The van der Waals surface area contributed by atoms with Crippen LogP contribution >= 0.6 is 0 Å². The lowest BCUT2D eigenvalue weighted by molar-refractivity contribution is -0.143. The van der Waals surface area contributed by atoms with Gasteiger partial charge in [-0.05, 0) is 31.4 Å². The molecule has 0 aromatic heterocycles. The molecule has 0 radical (unpaired) electrons. The van der Waals surface area contributed by atoms with Gasteiger partial charge in [-0.25, -0.2) is 0 Å². The summed E-state index contributed by atoms with van der Waals surface area (Å²) in [5, 5.41) is 0. The SMILES string of the molecule is CCCCCCOC(=O)CCCCCC(=O)Oc1ccccc1OC. The van der Waals surface area contributed by atoms with Crippen molar-refractivity contribution in [2.45, 2.75) is 64.7 Å². The molecule has 0 saturated heterocycles. The van der Waals surface area contributed by atoms with E-state index in [4.69, 9.17) is 14.2 Å². The van der Waals surface area contributed by atoms with Crippen LogP contribution in [0.3, 0.4) is 0 Å². The molecule has 0 atom stereocenters. The topological polar surface area (TPSA) is 61.8 Å². The Labute approximate surface area is 150 Å². The normalized spacial score (nSPS) is 10.3. The Balaban J connectivity index is 2.07. The van der Waals surface area contributed by atoms with Crippen LogP contribution in [0, 0.1) is 0 Å². The van der Waals surface area contributed by atoms with Crippen LogP contribution in [0.5, 0.6) is 11.5 Å². The second-order valence-electron chi connectivity index (χ2n) is 5.97. The standard InChI is InChI=1S/C20H30O5/c1-3-4-5-11-16-24-19(21)14-7-6-8-15-20(22)25-18-13-10-9-12-17(18)23-2/h9-10,12-13H,3-8,11,14-16H2,1-2H3. The maximum absolute atomic E-state index is 11.8. The van der Waals surface area contributed by atoms with Crippen LogP contribution in [0.4, 0.5) is 0 Å². The quantitative estimate of drug-likeness (QED) is 0.294. The number of carbonyl (C=O) groups is 2. The first-order chi connectivity index (χ1) is 12.2. The van der Waals surface area contributed by atoms with E-state index >= 15 is 0 Å². The van der Waals surface area contributed by atoms with Crippen molar-refractivity contribution in [1.29, 1.82) is 0 Å². The molecule has 0 amide bonds. The van der Waals surface area contributed by atoms with Crippen LogP contribution in [-0.4, -0.2) is 25.7 Å². The van der Waals surface area contributed by atoms with Crippen molar-refractivity contribution in [2.75, 3.05) is 13.7 Å². The minimum absolute atomic E-state index is 0.145. The second kappa shape index (κ2) is 13.3. The highest BCUT2D eigenvalue weighted by molar-refractivity contribution is 5.73. The molecule has 0 bridgehead atoms. The van der Waals surface area contributed by atoms with Crippen molar-refractivity contribution in [3.05, 3.63) is 24.3 Å². The molecular weight excluding hydrogens is 320 g/mol. The Bertz CT molecular complexity index is 513. The lowest BCUT2D eigenvalue weighted by Crippen LogP contribution is -2.09. The minimum Gasteiger partial charge on any atom is -0.493 e. The lowest BCUT2D eigenvalue weighted by Gasteiger charge is -2.08. The molecule has 0 heterocycles. The van der Waals surface area contributed by atoms with Gasteiger partial charge in [-0.2, -0.15) is 0 Å². The third-order valence-electron chi connectivity index (χ3n) is 3.82. The zero-order chi connectivity index (χ0) is 18.3. The predicted molar refractivity (Wildman–Crippen MR) is 96.8 cm³/mol. The van der Waals surface area contributed by atoms with E-state index in [2.05, 4.69) is 6.92 Å². The average molecular weight is 350 g/mol. The third kappa shape index (κ3) is 9.75. The highest BCUT2D eigenvalue weighted by atomic mass is 16.6. The van der Waals surface area contributed by atoms with Crippen molar-refractivity contribution >= 4 is 11.9 Å². The van der Waals surface area contributed by atoms with Crippen molar-refractivity contribution in [3.8, 4) is 11.5 Å². The number of hydrogen-bond donors (Lipinski definition) is 0. The number of methoxy groups -OCH3 is 1. The summed E-state index contributed by atoms with van der Waals surface area (Å²) in [5.74, 6) is 0.537. The Morgan fingerprint density at radius 3 is 2.16 bits per heavy atom. The summed E-state index contributed by atoms with van der Waals surface area (Å²) in [5.41, 5.74) is 0. The average Bonchev–Trinajstić information content (AvgIpc) is 2.61. The van der Waals surface area contributed by atoms with Crippen LogP contribution in [-0.2, 0) is 14.3 Å². The van der Waals surface area contributed by atoms with Crippen molar-refractivity contribution in [2.24, 2.45) is 0 Å². The van der Waals surface area contributed by atoms with Crippen LogP contribution in [0.25, 0.3) is 0 Å². The van der Waals surface area contributed by atoms with E-state index in [0.29, 0.717) is 37.4 Å². The van der Waals surface area contributed by atoms with Crippen LogP contribution < -0.4 is 9.47 Å². The smallest absolute Gasteiger partial charge is 0.311 e. The number of rotatable bonds is 13. The summed E-state index contributed by atoms with van der Waals surface area (Å²) in [6.07, 6.45) is 7.36. The first kappa shape index (κ1) is 21.0. The molecule has 0 unspecified atom stereocenters. The van der Waals surface area contributed by atoms with Gasteiger partial charge in [0.1, 0.15) is 0 Å². The summed E-state index contributed by atoms with van der Waals surface area (Å²) in [6.45, 7) is 2.67. The maximum Gasteiger partial charge on any atom is 0.311 e. The number of unbranched alkanes of at least 4 members (excludes halogenated alkanes) is 5. The van der Waals surface area contributed by atoms with Crippen LogP contribution in [0.1, 0.15) is 64.7 Å². The molecule has 1 aromatic carbocycles. The van der Waals surface area contributed by atoms with E-state index in [1.54, 1.807) is 18.2 Å². The Hall–Kier alpha value is -2.04. The molecule has 0 aliphatic rings. The summed E-state index contributed by atoms with van der Waals surface area (Å²) in [6, 6.07) is 7.06. The second-order valence-corrected chi connectivity index (χ2v) is 5.97. The lowest BCUT2D eigenvalue weighted by atomic mass is 10.1. The number of esters is 2. The van der Waals surface area contributed by atoms with Gasteiger partial charge in [0, 0.05) is 12.8 Å². The van der Waals surface area contributed by atoms with Gasteiger partial charge in [0.15, 0.2) is 11.5 Å². The number of carbonyl (C=O) groups excluding carboxylic acids is 2. The molecule has 1 rings (SSSR count). The Morgan fingerprint density at radius 2 is 1.48 bits per heavy atom. The van der Waals surface area contributed by atoms with Crippen LogP contribution in [0.2, 0.25) is 0 Å². The zero-order valence-electron chi connectivity index (χ0n) is 15.4. The van der Waals surface area contributed by atoms with E-state index in [9.17, 15) is 9.59 Å². The monoisotopic (exact) mass is 350 g/mol. The van der Waals surface area contributed by atoms with Gasteiger partial charge in [-0.1, -0.05) is 44.7 Å². The van der Waals surface area contributed by atoms with Gasteiger partial charge in [0.2, 0.25) is 0 Å². The summed E-state index contributed by atoms with van der Waals surface area (Å²) in [4.78, 5) is 23.4. The maximum atomic E-state index is 11.8.